The zero-order valence-electron chi connectivity index (χ0n) is 20.2. The van der Waals surface area contributed by atoms with E-state index in [0.717, 1.165) is 53.0 Å². The van der Waals surface area contributed by atoms with Gasteiger partial charge in [0.05, 0.1) is 6.26 Å². The molecule has 0 spiro atoms. The van der Waals surface area contributed by atoms with Crippen LogP contribution in [0.15, 0.2) is 89.5 Å². The van der Waals surface area contributed by atoms with Gasteiger partial charge in [-0.3, -0.25) is 4.79 Å². The summed E-state index contributed by atoms with van der Waals surface area (Å²) in [4.78, 5) is 15.9. The molecule has 2 atom stereocenters. The maximum atomic E-state index is 13.4. The van der Waals surface area contributed by atoms with Crippen molar-refractivity contribution in [3.63, 3.8) is 0 Å². The lowest BCUT2D eigenvalue weighted by molar-refractivity contribution is -0.123. The van der Waals surface area contributed by atoms with Crippen molar-refractivity contribution in [1.82, 2.24) is 10.2 Å². The molecule has 5 heteroatoms. The van der Waals surface area contributed by atoms with Crippen LogP contribution in [0, 0.1) is 0 Å². The number of hydrogen-bond acceptors (Lipinski definition) is 4. The number of likely N-dealkylation sites (N-methyl/N-ethyl adjacent to an activating group) is 1. The van der Waals surface area contributed by atoms with Crippen molar-refractivity contribution in [2.75, 3.05) is 26.7 Å². The Bertz CT molecular complexity index is 1260. The summed E-state index contributed by atoms with van der Waals surface area (Å²) in [5.41, 5.74) is 2.20. The van der Waals surface area contributed by atoms with Gasteiger partial charge in [0.2, 0.25) is 5.91 Å². The molecule has 1 aliphatic rings. The van der Waals surface area contributed by atoms with Crippen LogP contribution < -0.4 is 10.1 Å². The Kier molecular flexibility index (Phi) is 7.15. The van der Waals surface area contributed by atoms with Crippen molar-refractivity contribution in [2.24, 2.45) is 0 Å². The highest BCUT2D eigenvalue weighted by Gasteiger charge is 2.36. The molecule has 0 aliphatic carbocycles. The fourth-order valence-electron chi connectivity index (χ4n) is 5.12. The second kappa shape index (κ2) is 10.8. The lowest BCUT2D eigenvalue weighted by atomic mass is 9.82. The van der Waals surface area contributed by atoms with Gasteiger partial charge in [-0.25, -0.2) is 0 Å². The zero-order chi connectivity index (χ0) is 24.0. The average molecular weight is 469 g/mol. The van der Waals surface area contributed by atoms with E-state index in [2.05, 4.69) is 34.5 Å². The van der Waals surface area contributed by atoms with Crippen molar-refractivity contribution in [1.29, 1.82) is 0 Å². The number of furan rings is 1. The summed E-state index contributed by atoms with van der Waals surface area (Å²) in [5, 5.41) is 4.91. The number of benzene rings is 3. The molecule has 0 saturated carbocycles. The minimum absolute atomic E-state index is 0.0371. The number of ether oxygens (including phenoxy) is 1. The van der Waals surface area contributed by atoms with Gasteiger partial charge in [-0.05, 0) is 49.2 Å². The van der Waals surface area contributed by atoms with Crippen molar-refractivity contribution >= 4 is 16.7 Å². The summed E-state index contributed by atoms with van der Waals surface area (Å²) < 4.78 is 12.2. The summed E-state index contributed by atoms with van der Waals surface area (Å²) in [6.45, 7) is 3.40. The number of nitrogens with one attached hydrogen (secondary N) is 1. The van der Waals surface area contributed by atoms with Gasteiger partial charge in [-0.15, -0.1) is 0 Å². The monoisotopic (exact) mass is 468 g/mol. The Labute approximate surface area is 206 Å². The average Bonchev–Trinajstić information content (AvgIpc) is 3.58. The Morgan fingerprint density at radius 2 is 1.77 bits per heavy atom. The molecule has 1 aliphatic heterocycles. The van der Waals surface area contributed by atoms with Crippen LogP contribution in [0.5, 0.6) is 5.75 Å². The minimum atomic E-state index is -0.454. The summed E-state index contributed by atoms with van der Waals surface area (Å²) in [6.07, 6.45) is 4.15. The van der Waals surface area contributed by atoms with E-state index < -0.39 is 5.92 Å². The molecule has 1 aromatic heterocycles. The predicted octanol–water partition coefficient (Wildman–Crippen LogP) is 5.72. The summed E-state index contributed by atoms with van der Waals surface area (Å²) >= 11 is 0. The van der Waals surface area contributed by atoms with Gasteiger partial charge in [0, 0.05) is 30.3 Å². The summed E-state index contributed by atoms with van der Waals surface area (Å²) in [6, 6.07) is 26.4. The standard InChI is InChI=1S/C30H32N2O3/c1-31-30(33)28(29-26-15-6-5-12-24(26)21-35-29)27(19-32-16-7-8-17-32)23-13-9-14-25(18-23)34-20-22-10-3-2-4-11-22/h2-6,9-15,18,21,27-28H,7-8,16-17,19-20H2,1H3,(H,31,33). The lowest BCUT2D eigenvalue weighted by Gasteiger charge is -2.29. The number of carbonyl (C=O) groups is 1. The molecule has 1 fully saturated rings. The number of rotatable bonds is 9. The lowest BCUT2D eigenvalue weighted by Crippen LogP contribution is -2.36. The van der Waals surface area contributed by atoms with Gasteiger partial charge in [0.15, 0.2) is 0 Å². The van der Waals surface area contributed by atoms with E-state index in [-0.39, 0.29) is 11.8 Å². The molecule has 0 radical (unpaired) electrons. The first-order chi connectivity index (χ1) is 17.2. The topological polar surface area (TPSA) is 54.7 Å². The van der Waals surface area contributed by atoms with E-state index in [9.17, 15) is 4.79 Å². The molecule has 2 unspecified atom stereocenters. The summed E-state index contributed by atoms with van der Waals surface area (Å²) in [5.74, 6) is 0.954. The molecule has 35 heavy (non-hydrogen) atoms. The van der Waals surface area contributed by atoms with Gasteiger partial charge in [0.1, 0.15) is 24.0 Å². The first kappa shape index (κ1) is 23.2. The number of fused-ring (bicyclic) bond motifs is 1. The SMILES string of the molecule is CNC(=O)C(c1occ2ccccc12)C(CN1CCCC1)c1cccc(OCc2ccccc2)c1. The van der Waals surface area contributed by atoms with Crippen molar-refractivity contribution in [2.45, 2.75) is 31.3 Å². The van der Waals surface area contributed by atoms with E-state index in [1.807, 2.05) is 54.6 Å². The third-order valence-electron chi connectivity index (χ3n) is 6.94. The first-order valence-corrected chi connectivity index (χ1v) is 12.4. The third kappa shape index (κ3) is 5.25. The van der Waals surface area contributed by atoms with E-state index in [1.54, 1.807) is 13.3 Å². The second-order valence-corrected chi connectivity index (χ2v) is 9.24. The zero-order valence-corrected chi connectivity index (χ0v) is 20.2. The number of nitrogens with zero attached hydrogens (tertiary/aromatic N) is 1. The fraction of sp³-hybridized carbons (Fsp3) is 0.300. The molecular weight excluding hydrogens is 436 g/mol. The van der Waals surface area contributed by atoms with Crippen LogP contribution in [0.1, 0.15) is 41.6 Å². The minimum Gasteiger partial charge on any atom is -0.489 e. The van der Waals surface area contributed by atoms with Crippen molar-refractivity contribution in [3.8, 4) is 5.75 Å². The Morgan fingerprint density at radius 3 is 2.57 bits per heavy atom. The van der Waals surface area contributed by atoms with E-state index in [1.165, 1.54) is 12.8 Å². The van der Waals surface area contributed by atoms with Crippen LogP contribution >= 0.6 is 0 Å². The maximum Gasteiger partial charge on any atom is 0.231 e. The highest BCUT2D eigenvalue weighted by atomic mass is 16.5. The van der Waals surface area contributed by atoms with E-state index in [4.69, 9.17) is 9.15 Å². The summed E-state index contributed by atoms with van der Waals surface area (Å²) in [7, 11) is 1.70. The van der Waals surface area contributed by atoms with Gasteiger partial charge >= 0.3 is 0 Å². The largest absolute Gasteiger partial charge is 0.489 e. The van der Waals surface area contributed by atoms with Gasteiger partial charge in [-0.2, -0.15) is 0 Å². The predicted molar refractivity (Wildman–Crippen MR) is 139 cm³/mol. The number of carbonyl (C=O) groups excluding carboxylic acids is 1. The second-order valence-electron chi connectivity index (χ2n) is 9.24. The van der Waals surface area contributed by atoms with Gasteiger partial charge < -0.3 is 19.4 Å². The van der Waals surface area contributed by atoms with E-state index >= 15 is 0 Å². The van der Waals surface area contributed by atoms with Crippen LogP contribution in [0.4, 0.5) is 0 Å². The number of likely N-dealkylation sites (tertiary alicyclic amines) is 1. The highest BCUT2D eigenvalue weighted by molar-refractivity contribution is 5.92. The van der Waals surface area contributed by atoms with Gasteiger partial charge in [0.25, 0.3) is 0 Å². The smallest absolute Gasteiger partial charge is 0.231 e. The molecule has 1 N–H and O–H groups in total. The molecule has 1 saturated heterocycles. The molecule has 1 amide bonds. The molecule has 0 bridgehead atoms. The Balaban J connectivity index is 1.51. The third-order valence-corrected chi connectivity index (χ3v) is 6.94. The molecule has 5 nitrogen and oxygen atoms in total. The Hall–Kier alpha value is -3.57. The van der Waals surface area contributed by atoms with Gasteiger partial charge in [-0.1, -0.05) is 66.7 Å². The first-order valence-electron chi connectivity index (χ1n) is 12.4. The van der Waals surface area contributed by atoms with Crippen molar-refractivity contribution < 1.29 is 13.9 Å². The van der Waals surface area contributed by atoms with Crippen LogP contribution in [0.25, 0.3) is 10.8 Å². The highest BCUT2D eigenvalue weighted by Crippen LogP contribution is 2.40. The normalized spacial score (nSPS) is 15.7. The molecule has 5 rings (SSSR count). The van der Waals surface area contributed by atoms with E-state index in [0.29, 0.717) is 6.61 Å². The molecular formula is C30H32N2O3. The quantitative estimate of drug-likeness (QED) is 0.341. The maximum absolute atomic E-state index is 13.4. The number of hydrogen-bond donors (Lipinski definition) is 1. The van der Waals surface area contributed by atoms with Crippen LogP contribution in [0.3, 0.4) is 0 Å². The van der Waals surface area contributed by atoms with Crippen molar-refractivity contribution in [3.05, 3.63) is 102 Å². The number of amides is 1. The molecule has 180 valence electrons. The molecule has 3 aromatic carbocycles. The Morgan fingerprint density at radius 1 is 1.00 bits per heavy atom. The van der Waals surface area contributed by atoms with Crippen LogP contribution in [-0.2, 0) is 11.4 Å². The molecule has 2 heterocycles. The fourth-order valence-corrected chi connectivity index (χ4v) is 5.12. The van der Waals surface area contributed by atoms with Crippen LogP contribution in [-0.4, -0.2) is 37.5 Å². The molecule has 4 aromatic rings. The van der Waals surface area contributed by atoms with Crippen LogP contribution in [0.2, 0.25) is 0 Å².